The Labute approximate surface area is 305 Å². The van der Waals surface area contributed by atoms with Crippen LogP contribution in [0.15, 0.2) is 79.1 Å². The maximum atomic E-state index is 15.0. The van der Waals surface area contributed by atoms with Gasteiger partial charge in [-0.15, -0.1) is 0 Å². The van der Waals surface area contributed by atoms with Gasteiger partial charge in [-0.3, -0.25) is 10.2 Å². The van der Waals surface area contributed by atoms with E-state index in [4.69, 9.17) is 42.1 Å². The molecule has 1 unspecified atom stereocenters. The van der Waals surface area contributed by atoms with Gasteiger partial charge >= 0.3 is 11.9 Å². The highest BCUT2D eigenvalue weighted by molar-refractivity contribution is 6.35. The number of carbonyl (C=O) groups is 2. The van der Waals surface area contributed by atoms with E-state index in [1.165, 1.54) is 32.7 Å². The van der Waals surface area contributed by atoms with E-state index in [-0.39, 0.29) is 40.2 Å². The minimum atomic E-state index is -1.03. The van der Waals surface area contributed by atoms with E-state index in [0.717, 1.165) is 31.5 Å². The van der Waals surface area contributed by atoms with Crippen molar-refractivity contribution in [2.24, 2.45) is 5.92 Å². The maximum absolute atomic E-state index is 15.0. The molecule has 0 spiro atoms. The van der Waals surface area contributed by atoms with Gasteiger partial charge in [-0.1, -0.05) is 59.6 Å². The lowest BCUT2D eigenvalue weighted by molar-refractivity contribution is -0.605. The fraction of sp³-hybridized carbons (Fsp3) is 0.342. The summed E-state index contributed by atoms with van der Waals surface area (Å²) in [5, 5.41) is 15.3. The van der Waals surface area contributed by atoms with E-state index < -0.39 is 29.9 Å². The summed E-state index contributed by atoms with van der Waals surface area (Å²) in [5.41, 5.74) is 2.22. The van der Waals surface area contributed by atoms with Crippen molar-refractivity contribution in [1.82, 2.24) is 10.2 Å². The van der Waals surface area contributed by atoms with E-state index >= 15 is 0 Å². The molecule has 1 aromatic heterocycles. The molecule has 0 saturated carbocycles. The third-order valence-corrected chi connectivity index (χ3v) is 10.1. The average molecular weight is 739 g/mol. The zero-order valence-corrected chi connectivity index (χ0v) is 29.7. The molecule has 7 rings (SSSR count). The van der Waals surface area contributed by atoms with Crippen LogP contribution in [0.5, 0.6) is 11.5 Å². The van der Waals surface area contributed by atoms with Gasteiger partial charge in [-0.05, 0) is 73.3 Å². The number of hydrogen-bond acceptors (Lipinski definition) is 9. The van der Waals surface area contributed by atoms with Gasteiger partial charge in [0.05, 0.1) is 19.8 Å². The third-order valence-electron chi connectivity index (χ3n) is 9.49. The van der Waals surface area contributed by atoms with Crippen molar-refractivity contribution in [2.75, 3.05) is 33.9 Å². The molecule has 3 aliphatic heterocycles. The number of nitrogens with one attached hydrogen (secondary N) is 1. The zero-order valence-electron chi connectivity index (χ0n) is 28.2. The number of piperidine rings is 3. The lowest BCUT2D eigenvalue weighted by Gasteiger charge is -2.44. The fourth-order valence-electron chi connectivity index (χ4n) is 6.66. The first kappa shape index (κ1) is 36.4. The summed E-state index contributed by atoms with van der Waals surface area (Å²) < 4.78 is 38.3. The minimum Gasteiger partial charge on any atom is -0.619 e. The van der Waals surface area contributed by atoms with Crippen LogP contribution in [0.4, 0.5) is 4.39 Å². The number of pyridine rings is 1. The second-order valence-electron chi connectivity index (χ2n) is 12.7. The fourth-order valence-corrected chi connectivity index (χ4v) is 7.26. The van der Waals surface area contributed by atoms with Crippen molar-refractivity contribution >= 4 is 35.1 Å². The molecule has 4 heterocycles. The van der Waals surface area contributed by atoms with Gasteiger partial charge in [0, 0.05) is 30.6 Å². The second kappa shape index (κ2) is 16.3. The van der Waals surface area contributed by atoms with Crippen LogP contribution in [-0.2, 0) is 27.2 Å². The average Bonchev–Trinajstić information content (AvgIpc) is 3.13. The molecule has 3 aromatic carbocycles. The Morgan fingerprint density at radius 2 is 1.67 bits per heavy atom. The molecule has 268 valence electrons. The summed E-state index contributed by atoms with van der Waals surface area (Å²) in [7, 11) is 3.01. The molecule has 3 fully saturated rings. The smallest absolute Gasteiger partial charge is 0.338 e. The minimum absolute atomic E-state index is 0.0644. The molecule has 4 aromatic rings. The summed E-state index contributed by atoms with van der Waals surface area (Å²) in [5.74, 6) is -0.427. The zero-order chi connectivity index (χ0) is 36.1. The van der Waals surface area contributed by atoms with E-state index in [2.05, 4.69) is 10.2 Å². The Morgan fingerprint density at radius 1 is 0.980 bits per heavy atom. The number of hydrogen-bond donors (Lipinski definition) is 1. The van der Waals surface area contributed by atoms with Crippen LogP contribution in [0.1, 0.15) is 57.6 Å². The van der Waals surface area contributed by atoms with Gasteiger partial charge < -0.3 is 24.2 Å². The normalized spacial score (nSPS) is 19.2. The Balaban J connectivity index is 1.17. The predicted molar refractivity (Wildman–Crippen MR) is 188 cm³/mol. The van der Waals surface area contributed by atoms with Crippen LogP contribution in [-0.4, -0.2) is 56.8 Å². The number of aromatic nitrogens is 1. The summed E-state index contributed by atoms with van der Waals surface area (Å²) in [6.45, 7) is 2.90. The van der Waals surface area contributed by atoms with Crippen LogP contribution in [0.3, 0.4) is 0 Å². The van der Waals surface area contributed by atoms with Gasteiger partial charge in [0.15, 0.2) is 23.9 Å². The number of ether oxygens (including phenoxy) is 4. The molecular formula is C38H38Cl2FN3O7. The standard InChI is InChI=1S/C38H38Cl2FN3O7/c1-48-32-12-11-26(17-34(32)49-2)33(18-28-29(39)20-44(47)21-30(28)40)50-37(45)25-9-7-23(8-10-25)19-42-36(27-5-3-4-6-31(27)41)38(46)51-35-22-43-15-13-24(35)14-16-43/h3-12,17,20-21,24,33,35-36,42H,13-16,18-19,22H2,1-2H3/t33-,35-,36?/m0/s1. The molecule has 13 heteroatoms. The quantitative estimate of drug-likeness (QED) is 0.0948. The van der Waals surface area contributed by atoms with E-state index in [0.29, 0.717) is 39.8 Å². The lowest BCUT2D eigenvalue weighted by Crippen LogP contribution is -2.52. The third kappa shape index (κ3) is 8.56. The van der Waals surface area contributed by atoms with Crippen LogP contribution < -0.4 is 19.5 Å². The summed E-state index contributed by atoms with van der Waals surface area (Å²) in [4.78, 5) is 29.3. The molecule has 3 saturated heterocycles. The Morgan fingerprint density at radius 3 is 2.29 bits per heavy atom. The number of nitrogens with zero attached hydrogens (tertiary/aromatic N) is 2. The highest BCUT2D eigenvalue weighted by Gasteiger charge is 2.38. The number of rotatable bonds is 13. The Kier molecular flexibility index (Phi) is 11.6. The topological polar surface area (TPSA) is 113 Å². The van der Waals surface area contributed by atoms with E-state index in [1.807, 2.05) is 0 Å². The van der Waals surface area contributed by atoms with Gasteiger partial charge in [0.2, 0.25) is 0 Å². The van der Waals surface area contributed by atoms with Crippen molar-refractivity contribution in [1.29, 1.82) is 0 Å². The molecule has 3 aliphatic rings. The van der Waals surface area contributed by atoms with Crippen LogP contribution in [0.2, 0.25) is 10.0 Å². The molecule has 0 amide bonds. The highest BCUT2D eigenvalue weighted by Crippen LogP contribution is 2.36. The monoisotopic (exact) mass is 737 g/mol. The number of benzene rings is 3. The van der Waals surface area contributed by atoms with Crippen molar-refractivity contribution in [2.45, 2.75) is 44.1 Å². The largest absolute Gasteiger partial charge is 0.619 e. The van der Waals surface area contributed by atoms with Gasteiger partial charge in [-0.2, -0.15) is 4.73 Å². The number of fused-ring (bicyclic) bond motifs is 3. The molecule has 0 aliphatic carbocycles. The number of esters is 2. The summed E-state index contributed by atoms with van der Waals surface area (Å²) in [6.07, 6.45) is 3.29. The highest BCUT2D eigenvalue weighted by atomic mass is 35.5. The van der Waals surface area contributed by atoms with Crippen LogP contribution in [0.25, 0.3) is 0 Å². The first-order chi connectivity index (χ1) is 24.6. The molecule has 0 radical (unpaired) electrons. The second-order valence-corrected chi connectivity index (χ2v) is 13.5. The summed E-state index contributed by atoms with van der Waals surface area (Å²) in [6, 6.07) is 16.9. The Hall–Kier alpha value is -4.42. The lowest BCUT2D eigenvalue weighted by atomic mass is 9.86. The first-order valence-corrected chi connectivity index (χ1v) is 17.4. The maximum Gasteiger partial charge on any atom is 0.338 e. The molecule has 2 bridgehead atoms. The van der Waals surface area contributed by atoms with Crippen molar-refractivity contribution < 1.29 is 37.7 Å². The van der Waals surface area contributed by atoms with Crippen molar-refractivity contribution in [3.8, 4) is 11.5 Å². The van der Waals surface area contributed by atoms with E-state index in [9.17, 15) is 19.2 Å². The molecule has 51 heavy (non-hydrogen) atoms. The van der Waals surface area contributed by atoms with E-state index in [1.54, 1.807) is 60.7 Å². The number of halogens is 3. The predicted octanol–water partition coefficient (Wildman–Crippen LogP) is 6.39. The molecule has 3 atom stereocenters. The van der Waals surface area contributed by atoms with Crippen LogP contribution >= 0.6 is 23.2 Å². The molecule has 1 N–H and O–H groups in total. The van der Waals surface area contributed by atoms with Gasteiger partial charge in [0.25, 0.3) is 0 Å². The van der Waals surface area contributed by atoms with Crippen LogP contribution in [0, 0.1) is 16.9 Å². The number of methoxy groups -OCH3 is 2. The number of carbonyl (C=O) groups excluding carboxylic acids is 2. The van der Waals surface area contributed by atoms with Crippen molar-refractivity contribution in [3.05, 3.63) is 128 Å². The SMILES string of the molecule is COc1ccc([C@H](Cc2c(Cl)c[n+]([O-])cc2Cl)OC(=O)c2ccc(CNC(C(=O)O[C@H]3CN4CCC3CC4)c3ccccc3F)cc2)cc1OC. The Bertz CT molecular complexity index is 1850. The molecular weight excluding hydrogens is 700 g/mol. The summed E-state index contributed by atoms with van der Waals surface area (Å²) >= 11 is 12.8. The van der Waals surface area contributed by atoms with Crippen molar-refractivity contribution in [3.63, 3.8) is 0 Å². The molecule has 10 nitrogen and oxygen atoms in total. The first-order valence-electron chi connectivity index (χ1n) is 16.6. The van der Waals surface area contributed by atoms with Gasteiger partial charge in [-0.25, -0.2) is 14.0 Å². The van der Waals surface area contributed by atoms with Gasteiger partial charge in [0.1, 0.15) is 34.1 Å².